The van der Waals surface area contributed by atoms with Gasteiger partial charge in [0.05, 0.1) is 12.1 Å². The molecule has 19 heavy (non-hydrogen) atoms. The van der Waals surface area contributed by atoms with Gasteiger partial charge in [-0.15, -0.1) is 0 Å². The zero-order chi connectivity index (χ0) is 14.0. The van der Waals surface area contributed by atoms with Crippen molar-refractivity contribution >= 4 is 17.6 Å². The van der Waals surface area contributed by atoms with E-state index in [1.165, 1.54) is 0 Å². The predicted octanol–water partition coefficient (Wildman–Crippen LogP) is 1.23. The number of nitrogens with zero attached hydrogens (tertiary/aromatic N) is 2. The Morgan fingerprint density at radius 2 is 2.16 bits per heavy atom. The lowest BCUT2D eigenvalue weighted by molar-refractivity contribution is -0.128. The number of anilines is 1. The van der Waals surface area contributed by atoms with Gasteiger partial charge in [0.1, 0.15) is 0 Å². The molecule has 1 heterocycles. The molecule has 0 bridgehead atoms. The minimum absolute atomic E-state index is 0.0812. The van der Waals surface area contributed by atoms with Gasteiger partial charge in [0, 0.05) is 25.8 Å². The van der Waals surface area contributed by atoms with Crippen LogP contribution in [0.3, 0.4) is 0 Å². The highest BCUT2D eigenvalue weighted by molar-refractivity contribution is 5.89. The molecule has 0 unspecified atom stereocenters. The second-order valence-electron chi connectivity index (χ2n) is 4.73. The summed E-state index contributed by atoms with van der Waals surface area (Å²) in [6.07, 6.45) is 0.791. The number of aromatic carboxylic acids is 1. The summed E-state index contributed by atoms with van der Waals surface area (Å²) in [5, 5.41) is 8.96. The third kappa shape index (κ3) is 2.70. The van der Waals surface area contributed by atoms with Crippen molar-refractivity contribution in [1.29, 1.82) is 0 Å². The molecule has 0 aliphatic carbocycles. The number of fused-ring (bicyclic) bond motifs is 1. The predicted molar refractivity (Wildman–Crippen MR) is 72.6 cm³/mol. The van der Waals surface area contributed by atoms with E-state index >= 15 is 0 Å². The van der Waals surface area contributed by atoms with E-state index in [2.05, 4.69) is 0 Å². The third-order valence-electron chi connectivity index (χ3n) is 3.54. The normalized spacial score (nSPS) is 13.3. The van der Waals surface area contributed by atoms with Crippen molar-refractivity contribution in [2.24, 2.45) is 0 Å². The molecule has 0 saturated carbocycles. The summed E-state index contributed by atoms with van der Waals surface area (Å²) >= 11 is 0. The van der Waals surface area contributed by atoms with Crippen LogP contribution in [-0.4, -0.2) is 48.6 Å². The molecule has 0 radical (unpaired) electrons. The molecule has 0 fully saturated rings. The summed E-state index contributed by atoms with van der Waals surface area (Å²) in [6, 6.07) is 5.09. The van der Waals surface area contributed by atoms with Crippen LogP contribution in [0.5, 0.6) is 0 Å². The van der Waals surface area contributed by atoms with Gasteiger partial charge in [-0.2, -0.15) is 0 Å². The Morgan fingerprint density at radius 1 is 1.42 bits per heavy atom. The summed E-state index contributed by atoms with van der Waals surface area (Å²) in [4.78, 5) is 26.5. The van der Waals surface area contributed by atoms with Crippen LogP contribution in [-0.2, 0) is 11.2 Å². The number of carbonyl (C=O) groups is 2. The van der Waals surface area contributed by atoms with Crippen molar-refractivity contribution in [3.63, 3.8) is 0 Å². The van der Waals surface area contributed by atoms with Crippen molar-refractivity contribution < 1.29 is 14.7 Å². The molecule has 1 aromatic rings. The van der Waals surface area contributed by atoms with Gasteiger partial charge >= 0.3 is 5.97 Å². The van der Waals surface area contributed by atoms with E-state index in [4.69, 9.17) is 5.11 Å². The third-order valence-corrected chi connectivity index (χ3v) is 3.54. The smallest absolute Gasteiger partial charge is 0.335 e. The van der Waals surface area contributed by atoms with E-state index in [-0.39, 0.29) is 5.91 Å². The second-order valence-corrected chi connectivity index (χ2v) is 4.73. The molecule has 0 atom stereocenters. The average Bonchev–Trinajstić information content (AvgIpc) is 2.80. The number of hydrogen-bond acceptors (Lipinski definition) is 3. The average molecular weight is 262 g/mol. The first-order chi connectivity index (χ1) is 9.02. The highest BCUT2D eigenvalue weighted by Crippen LogP contribution is 2.28. The minimum atomic E-state index is -0.914. The van der Waals surface area contributed by atoms with Crippen molar-refractivity contribution in [2.45, 2.75) is 13.3 Å². The maximum absolute atomic E-state index is 11.9. The first-order valence-electron chi connectivity index (χ1n) is 6.38. The zero-order valence-electron chi connectivity index (χ0n) is 11.2. The number of rotatable bonds is 4. The lowest BCUT2D eigenvalue weighted by Crippen LogP contribution is -2.37. The van der Waals surface area contributed by atoms with Gasteiger partial charge in [0.2, 0.25) is 5.91 Å². The van der Waals surface area contributed by atoms with Gasteiger partial charge in [0.25, 0.3) is 0 Å². The molecule has 0 aromatic heterocycles. The molecule has 5 heteroatoms. The van der Waals surface area contributed by atoms with E-state index in [1.54, 1.807) is 30.1 Å². The van der Waals surface area contributed by atoms with Crippen LogP contribution in [0, 0.1) is 0 Å². The monoisotopic (exact) mass is 262 g/mol. The molecule has 102 valence electrons. The topological polar surface area (TPSA) is 60.9 Å². The number of benzene rings is 1. The maximum Gasteiger partial charge on any atom is 0.335 e. The molecular weight excluding hydrogens is 244 g/mol. The quantitative estimate of drug-likeness (QED) is 0.886. The Kier molecular flexibility index (Phi) is 3.74. The molecule has 1 aliphatic rings. The van der Waals surface area contributed by atoms with Gasteiger partial charge in [-0.05, 0) is 37.1 Å². The number of carbonyl (C=O) groups excluding carboxylic acids is 1. The fraction of sp³-hybridized carbons (Fsp3) is 0.429. The summed E-state index contributed by atoms with van der Waals surface area (Å²) in [6.45, 7) is 3.75. The molecule has 5 nitrogen and oxygen atoms in total. The number of amides is 1. The van der Waals surface area contributed by atoms with E-state index in [9.17, 15) is 9.59 Å². The summed E-state index contributed by atoms with van der Waals surface area (Å²) in [5.41, 5.74) is 2.28. The molecule has 1 aromatic carbocycles. The Bertz CT molecular complexity index is 513. The van der Waals surface area contributed by atoms with Crippen molar-refractivity contribution in [1.82, 2.24) is 4.90 Å². The summed E-state index contributed by atoms with van der Waals surface area (Å²) < 4.78 is 0. The Morgan fingerprint density at radius 3 is 2.79 bits per heavy atom. The number of hydrogen-bond donors (Lipinski definition) is 1. The Hall–Kier alpha value is -2.04. The van der Waals surface area contributed by atoms with E-state index in [1.807, 2.05) is 11.8 Å². The van der Waals surface area contributed by atoms with Crippen LogP contribution >= 0.6 is 0 Å². The van der Waals surface area contributed by atoms with Crippen molar-refractivity contribution in [2.75, 3.05) is 31.6 Å². The van der Waals surface area contributed by atoms with Gasteiger partial charge < -0.3 is 14.9 Å². The molecule has 2 rings (SSSR count). The summed E-state index contributed by atoms with van der Waals surface area (Å²) in [7, 11) is 1.78. The van der Waals surface area contributed by atoms with Crippen molar-refractivity contribution in [3.8, 4) is 0 Å². The van der Waals surface area contributed by atoms with Gasteiger partial charge in [0.15, 0.2) is 0 Å². The molecule has 1 N–H and O–H groups in total. The lowest BCUT2D eigenvalue weighted by Gasteiger charge is -2.22. The van der Waals surface area contributed by atoms with Crippen LogP contribution < -0.4 is 4.90 Å². The van der Waals surface area contributed by atoms with Crippen LogP contribution in [0.25, 0.3) is 0 Å². The maximum atomic E-state index is 11.9. The first kappa shape index (κ1) is 13.4. The van der Waals surface area contributed by atoms with Crippen molar-refractivity contribution in [3.05, 3.63) is 29.3 Å². The minimum Gasteiger partial charge on any atom is -0.478 e. The standard InChI is InChI=1S/C14H18N2O3/c1-3-15(2)13(17)9-16-7-6-10-8-11(14(18)19)4-5-12(10)16/h4-5,8H,3,6-7,9H2,1-2H3,(H,18,19). The summed E-state index contributed by atoms with van der Waals surface area (Å²) in [5.74, 6) is -0.833. The van der Waals surface area contributed by atoms with E-state index in [0.717, 1.165) is 24.2 Å². The zero-order valence-corrected chi connectivity index (χ0v) is 11.2. The Balaban J connectivity index is 2.14. The largest absolute Gasteiger partial charge is 0.478 e. The molecule has 1 aliphatic heterocycles. The highest BCUT2D eigenvalue weighted by atomic mass is 16.4. The first-order valence-corrected chi connectivity index (χ1v) is 6.38. The van der Waals surface area contributed by atoms with E-state index < -0.39 is 5.97 Å². The van der Waals surface area contributed by atoms with Crippen LogP contribution in [0.2, 0.25) is 0 Å². The van der Waals surface area contributed by atoms with E-state index in [0.29, 0.717) is 18.7 Å². The fourth-order valence-electron chi connectivity index (χ4n) is 2.23. The highest BCUT2D eigenvalue weighted by Gasteiger charge is 2.23. The molecular formula is C14H18N2O3. The SMILES string of the molecule is CCN(C)C(=O)CN1CCc2cc(C(=O)O)ccc21. The van der Waals surface area contributed by atoms with Gasteiger partial charge in [-0.1, -0.05) is 0 Å². The molecule has 0 spiro atoms. The Labute approximate surface area is 112 Å². The second kappa shape index (κ2) is 5.30. The fourth-order valence-corrected chi connectivity index (χ4v) is 2.23. The van der Waals surface area contributed by atoms with Gasteiger partial charge in [-0.25, -0.2) is 4.79 Å². The lowest BCUT2D eigenvalue weighted by atomic mass is 10.1. The van der Waals surface area contributed by atoms with Crippen LogP contribution in [0.1, 0.15) is 22.8 Å². The van der Waals surface area contributed by atoms with Crippen LogP contribution in [0.15, 0.2) is 18.2 Å². The van der Waals surface area contributed by atoms with Gasteiger partial charge in [-0.3, -0.25) is 4.79 Å². The van der Waals surface area contributed by atoms with Crippen LogP contribution in [0.4, 0.5) is 5.69 Å². The number of carboxylic acids is 1. The number of likely N-dealkylation sites (N-methyl/N-ethyl adjacent to an activating group) is 1. The molecule has 1 amide bonds. The molecule has 0 saturated heterocycles. The number of carboxylic acid groups (broad SMARTS) is 1.